The van der Waals surface area contributed by atoms with E-state index in [4.69, 9.17) is 11.0 Å². The lowest BCUT2D eigenvalue weighted by molar-refractivity contribution is 0.0592. The molecule has 2 N–H and O–H groups in total. The third kappa shape index (κ3) is 2.06. The van der Waals surface area contributed by atoms with Crippen molar-refractivity contribution in [3.63, 3.8) is 0 Å². The Morgan fingerprint density at radius 1 is 1.69 bits per heavy atom. The summed E-state index contributed by atoms with van der Waals surface area (Å²) in [7, 11) is 1.08. The van der Waals surface area contributed by atoms with Gasteiger partial charge in [-0.2, -0.15) is 5.26 Å². The largest absolute Gasteiger partial charge is 0.464 e. The topological polar surface area (TPSA) is 89.0 Å². The molecule has 0 saturated carbocycles. The molecule has 0 aromatic carbocycles. The van der Waals surface area contributed by atoms with Crippen LogP contribution in [-0.2, 0) is 4.74 Å². The van der Waals surface area contributed by atoms with Gasteiger partial charge >= 0.3 is 5.97 Å². The minimum Gasteiger partial charge on any atom is -0.464 e. The van der Waals surface area contributed by atoms with E-state index in [2.05, 4.69) is 9.72 Å². The maximum absolute atomic E-state index is 12.5. The van der Waals surface area contributed by atoms with E-state index < -0.39 is 23.7 Å². The number of nitrogen functional groups attached to an aromatic ring is 1. The maximum atomic E-state index is 12.5. The molecule has 0 bridgehead atoms. The predicted molar refractivity (Wildman–Crippen MR) is 49.7 cm³/mol. The van der Waals surface area contributed by atoms with E-state index in [1.807, 2.05) is 0 Å². The van der Waals surface area contributed by atoms with Gasteiger partial charge in [0, 0.05) is 0 Å². The average molecular weight is 227 g/mol. The van der Waals surface area contributed by atoms with Crippen molar-refractivity contribution >= 4 is 11.7 Å². The van der Waals surface area contributed by atoms with E-state index in [1.54, 1.807) is 0 Å². The standard InChI is InChI=1S/C9H7F2N3O2/c1-16-9(15)6-2-5(13)4(3-12)7(14-6)8(10)11/h2,8H,1H3,(H2,13,14). The Hall–Kier alpha value is -2.23. The van der Waals surface area contributed by atoms with Crippen molar-refractivity contribution in [3.8, 4) is 6.07 Å². The number of ether oxygens (including phenoxy) is 1. The normalized spacial score (nSPS) is 9.94. The molecule has 1 heterocycles. The van der Waals surface area contributed by atoms with Gasteiger partial charge in [-0.25, -0.2) is 18.6 Å². The molecule has 0 aliphatic rings. The Morgan fingerprint density at radius 2 is 2.31 bits per heavy atom. The van der Waals surface area contributed by atoms with Gasteiger partial charge < -0.3 is 10.5 Å². The summed E-state index contributed by atoms with van der Waals surface area (Å²) in [5, 5.41) is 8.62. The summed E-state index contributed by atoms with van der Waals surface area (Å²) in [5.74, 6) is -0.891. The minimum absolute atomic E-state index is 0.229. The number of nitriles is 1. The molecular weight excluding hydrogens is 220 g/mol. The van der Waals surface area contributed by atoms with Crippen molar-refractivity contribution in [3.05, 3.63) is 23.0 Å². The molecule has 0 aliphatic carbocycles. The minimum atomic E-state index is -2.98. The molecule has 84 valence electrons. The highest BCUT2D eigenvalue weighted by molar-refractivity contribution is 5.88. The number of pyridine rings is 1. The van der Waals surface area contributed by atoms with Crippen LogP contribution >= 0.6 is 0 Å². The maximum Gasteiger partial charge on any atom is 0.356 e. The first-order chi connectivity index (χ1) is 7.51. The SMILES string of the molecule is COC(=O)c1cc(N)c(C#N)c(C(F)F)n1. The molecule has 0 aliphatic heterocycles. The third-order valence-corrected chi connectivity index (χ3v) is 1.79. The van der Waals surface area contributed by atoms with E-state index in [0.29, 0.717) is 0 Å². The van der Waals surface area contributed by atoms with Gasteiger partial charge in [0.2, 0.25) is 0 Å². The highest BCUT2D eigenvalue weighted by atomic mass is 19.3. The smallest absolute Gasteiger partial charge is 0.356 e. The van der Waals surface area contributed by atoms with Gasteiger partial charge in [0.1, 0.15) is 17.3 Å². The number of aromatic nitrogens is 1. The second-order valence-electron chi connectivity index (χ2n) is 2.76. The van der Waals surface area contributed by atoms with Gasteiger partial charge in [-0.3, -0.25) is 0 Å². The fraction of sp³-hybridized carbons (Fsp3) is 0.222. The summed E-state index contributed by atoms with van der Waals surface area (Å²) in [6, 6.07) is 2.53. The van der Waals surface area contributed by atoms with E-state index in [1.165, 1.54) is 6.07 Å². The van der Waals surface area contributed by atoms with Gasteiger partial charge in [-0.1, -0.05) is 0 Å². The number of anilines is 1. The number of carbonyl (C=O) groups is 1. The van der Waals surface area contributed by atoms with Crippen molar-refractivity contribution in [2.24, 2.45) is 0 Å². The summed E-state index contributed by atoms with van der Waals surface area (Å²) < 4.78 is 29.4. The van der Waals surface area contributed by atoms with Gasteiger partial charge in [0.15, 0.2) is 5.69 Å². The molecule has 1 aromatic heterocycles. The number of methoxy groups -OCH3 is 1. The van der Waals surface area contributed by atoms with Crippen LogP contribution in [-0.4, -0.2) is 18.1 Å². The van der Waals surface area contributed by atoms with Crippen LogP contribution in [0.5, 0.6) is 0 Å². The Bertz CT molecular complexity index is 469. The zero-order chi connectivity index (χ0) is 12.3. The van der Waals surface area contributed by atoms with Gasteiger partial charge in [0.25, 0.3) is 6.43 Å². The molecule has 5 nitrogen and oxygen atoms in total. The third-order valence-electron chi connectivity index (χ3n) is 1.79. The van der Waals surface area contributed by atoms with E-state index in [-0.39, 0.29) is 11.4 Å². The number of esters is 1. The van der Waals surface area contributed by atoms with Crippen molar-refractivity contribution in [1.29, 1.82) is 5.26 Å². The van der Waals surface area contributed by atoms with Crippen LogP contribution < -0.4 is 5.73 Å². The molecule has 7 heteroatoms. The summed E-state index contributed by atoms with van der Waals surface area (Å²) in [5.41, 5.74) is 3.53. The second kappa shape index (κ2) is 4.53. The number of halogens is 2. The van der Waals surface area contributed by atoms with Crippen LogP contribution in [0.1, 0.15) is 28.2 Å². The molecule has 0 spiro atoms. The van der Waals surface area contributed by atoms with E-state index in [0.717, 1.165) is 13.2 Å². The number of rotatable bonds is 2. The molecule has 0 saturated heterocycles. The molecule has 0 fully saturated rings. The Kier molecular flexibility index (Phi) is 3.35. The summed E-state index contributed by atoms with van der Waals surface area (Å²) in [4.78, 5) is 14.4. The lowest BCUT2D eigenvalue weighted by Crippen LogP contribution is -2.10. The molecule has 0 radical (unpaired) electrons. The first kappa shape index (κ1) is 11.8. The lowest BCUT2D eigenvalue weighted by Gasteiger charge is -2.07. The highest BCUT2D eigenvalue weighted by Gasteiger charge is 2.21. The molecule has 0 atom stereocenters. The fourth-order valence-electron chi connectivity index (χ4n) is 1.07. The highest BCUT2D eigenvalue weighted by Crippen LogP contribution is 2.25. The van der Waals surface area contributed by atoms with E-state index >= 15 is 0 Å². The molecule has 1 aromatic rings. The fourth-order valence-corrected chi connectivity index (χ4v) is 1.07. The summed E-state index contributed by atoms with van der Waals surface area (Å²) >= 11 is 0. The second-order valence-corrected chi connectivity index (χ2v) is 2.76. The quantitative estimate of drug-likeness (QED) is 0.768. The lowest BCUT2D eigenvalue weighted by atomic mass is 10.1. The Labute approximate surface area is 89.4 Å². The molecule has 16 heavy (non-hydrogen) atoms. The first-order valence-electron chi connectivity index (χ1n) is 4.08. The molecular formula is C9H7F2N3O2. The van der Waals surface area contributed by atoms with Crippen LogP contribution in [0.4, 0.5) is 14.5 Å². The summed E-state index contributed by atoms with van der Waals surface area (Å²) in [6.45, 7) is 0. The number of alkyl halides is 2. The number of carbonyl (C=O) groups excluding carboxylic acids is 1. The van der Waals surface area contributed by atoms with Gasteiger partial charge in [0.05, 0.1) is 12.8 Å². The number of nitrogens with two attached hydrogens (primary N) is 1. The average Bonchev–Trinajstić information content (AvgIpc) is 2.26. The zero-order valence-electron chi connectivity index (χ0n) is 8.20. The molecule has 0 amide bonds. The van der Waals surface area contributed by atoms with Gasteiger partial charge in [-0.05, 0) is 6.07 Å². The molecule has 1 rings (SSSR count). The number of hydrogen-bond acceptors (Lipinski definition) is 5. The number of nitrogens with zero attached hydrogens (tertiary/aromatic N) is 2. The molecule has 0 unspecified atom stereocenters. The predicted octanol–water partition coefficient (Wildman–Crippen LogP) is 1.26. The Morgan fingerprint density at radius 3 is 2.75 bits per heavy atom. The van der Waals surface area contributed by atoms with Crippen LogP contribution in [0, 0.1) is 11.3 Å². The summed E-state index contributed by atoms with van der Waals surface area (Å²) in [6.07, 6.45) is -2.98. The van der Waals surface area contributed by atoms with Gasteiger partial charge in [-0.15, -0.1) is 0 Å². The number of hydrogen-bond donors (Lipinski definition) is 1. The van der Waals surface area contributed by atoms with Crippen molar-refractivity contribution in [1.82, 2.24) is 4.98 Å². The van der Waals surface area contributed by atoms with Crippen molar-refractivity contribution in [2.45, 2.75) is 6.43 Å². The van der Waals surface area contributed by atoms with Crippen molar-refractivity contribution < 1.29 is 18.3 Å². The van der Waals surface area contributed by atoms with Crippen molar-refractivity contribution in [2.75, 3.05) is 12.8 Å². The monoisotopic (exact) mass is 227 g/mol. The zero-order valence-corrected chi connectivity index (χ0v) is 8.20. The Balaban J connectivity index is 3.41. The van der Waals surface area contributed by atoms with Crippen LogP contribution in [0.15, 0.2) is 6.07 Å². The van der Waals surface area contributed by atoms with Crippen LogP contribution in [0.3, 0.4) is 0 Å². The van der Waals surface area contributed by atoms with Crippen LogP contribution in [0.2, 0.25) is 0 Å². The first-order valence-corrected chi connectivity index (χ1v) is 4.08. The van der Waals surface area contributed by atoms with E-state index in [9.17, 15) is 13.6 Å². The van der Waals surface area contributed by atoms with Crippen LogP contribution in [0.25, 0.3) is 0 Å².